The standard InChI is InChI=1S/C14H19ClN2O3/c1-3-17(4-2)14(18)10-7-12(15)13(16-8-10)20-11-5-6-19-9-11/h7-8,11H,3-6,9H2,1-2H3. The fraction of sp³-hybridized carbons (Fsp3) is 0.571. The zero-order chi connectivity index (χ0) is 14.5. The number of hydrogen-bond acceptors (Lipinski definition) is 4. The summed E-state index contributed by atoms with van der Waals surface area (Å²) < 4.78 is 10.9. The molecule has 2 heterocycles. The largest absolute Gasteiger partial charge is 0.471 e. The molecular formula is C14H19ClN2O3. The molecule has 5 nitrogen and oxygen atoms in total. The number of aromatic nitrogens is 1. The molecule has 0 aromatic carbocycles. The maximum absolute atomic E-state index is 12.2. The van der Waals surface area contributed by atoms with Gasteiger partial charge in [0.15, 0.2) is 0 Å². The molecule has 0 aliphatic carbocycles. The maximum atomic E-state index is 12.2. The summed E-state index contributed by atoms with van der Waals surface area (Å²) >= 11 is 6.14. The van der Waals surface area contributed by atoms with Crippen molar-refractivity contribution >= 4 is 17.5 Å². The maximum Gasteiger partial charge on any atom is 0.255 e. The van der Waals surface area contributed by atoms with Gasteiger partial charge in [-0.2, -0.15) is 0 Å². The molecule has 20 heavy (non-hydrogen) atoms. The van der Waals surface area contributed by atoms with E-state index in [0.717, 1.165) is 6.42 Å². The van der Waals surface area contributed by atoms with Gasteiger partial charge >= 0.3 is 0 Å². The molecule has 0 radical (unpaired) electrons. The number of carbonyl (C=O) groups is 1. The third-order valence-corrected chi connectivity index (χ3v) is 3.54. The van der Waals surface area contributed by atoms with Crippen molar-refractivity contribution in [1.82, 2.24) is 9.88 Å². The van der Waals surface area contributed by atoms with Crippen LogP contribution in [0.1, 0.15) is 30.6 Å². The van der Waals surface area contributed by atoms with Gasteiger partial charge in [0, 0.05) is 25.7 Å². The first-order valence-electron chi connectivity index (χ1n) is 6.84. The Labute approximate surface area is 123 Å². The van der Waals surface area contributed by atoms with Crippen LogP contribution >= 0.6 is 11.6 Å². The Morgan fingerprint density at radius 2 is 2.30 bits per heavy atom. The van der Waals surface area contributed by atoms with E-state index in [9.17, 15) is 4.79 Å². The van der Waals surface area contributed by atoms with Crippen LogP contribution in [0.5, 0.6) is 5.88 Å². The van der Waals surface area contributed by atoms with E-state index < -0.39 is 0 Å². The molecule has 110 valence electrons. The quantitative estimate of drug-likeness (QED) is 0.837. The highest BCUT2D eigenvalue weighted by Crippen LogP contribution is 2.25. The minimum absolute atomic E-state index is 0.00988. The predicted octanol–water partition coefficient (Wildman–Crippen LogP) is 2.38. The lowest BCUT2D eigenvalue weighted by molar-refractivity contribution is 0.0772. The Bertz CT molecular complexity index is 471. The van der Waals surface area contributed by atoms with E-state index in [1.807, 2.05) is 13.8 Å². The zero-order valence-electron chi connectivity index (χ0n) is 11.8. The lowest BCUT2D eigenvalue weighted by Crippen LogP contribution is -2.30. The Balaban J connectivity index is 2.10. The first kappa shape index (κ1) is 15.1. The smallest absolute Gasteiger partial charge is 0.255 e. The lowest BCUT2D eigenvalue weighted by Gasteiger charge is -2.19. The molecule has 1 atom stereocenters. The third kappa shape index (κ3) is 3.41. The van der Waals surface area contributed by atoms with Gasteiger partial charge in [0.2, 0.25) is 5.88 Å². The number of rotatable bonds is 5. The van der Waals surface area contributed by atoms with E-state index >= 15 is 0 Å². The number of amides is 1. The molecule has 1 unspecified atom stereocenters. The predicted molar refractivity (Wildman–Crippen MR) is 76.4 cm³/mol. The molecule has 1 aliphatic heterocycles. The van der Waals surface area contributed by atoms with Crippen molar-refractivity contribution in [3.63, 3.8) is 0 Å². The number of carbonyl (C=O) groups excluding carboxylic acids is 1. The second kappa shape index (κ2) is 6.90. The average Bonchev–Trinajstić information content (AvgIpc) is 2.95. The lowest BCUT2D eigenvalue weighted by atomic mass is 10.2. The minimum Gasteiger partial charge on any atom is -0.471 e. The van der Waals surface area contributed by atoms with Crippen LogP contribution in [-0.4, -0.2) is 48.2 Å². The van der Waals surface area contributed by atoms with Crippen LogP contribution in [0, 0.1) is 0 Å². The highest BCUT2D eigenvalue weighted by Gasteiger charge is 2.20. The van der Waals surface area contributed by atoms with E-state index in [2.05, 4.69) is 4.98 Å². The van der Waals surface area contributed by atoms with Gasteiger partial charge in [0.05, 0.1) is 18.8 Å². The molecule has 0 bridgehead atoms. The molecule has 1 saturated heterocycles. The number of hydrogen-bond donors (Lipinski definition) is 0. The summed E-state index contributed by atoms with van der Waals surface area (Å²) in [7, 11) is 0. The highest BCUT2D eigenvalue weighted by molar-refractivity contribution is 6.32. The van der Waals surface area contributed by atoms with Crippen molar-refractivity contribution in [2.45, 2.75) is 26.4 Å². The first-order chi connectivity index (χ1) is 9.65. The van der Waals surface area contributed by atoms with Crippen LogP contribution < -0.4 is 4.74 Å². The summed E-state index contributed by atoms with van der Waals surface area (Å²) in [6.45, 7) is 6.44. The molecule has 0 spiro atoms. The summed E-state index contributed by atoms with van der Waals surface area (Å²) in [5.41, 5.74) is 0.480. The van der Waals surface area contributed by atoms with Crippen LogP contribution in [0.15, 0.2) is 12.3 Å². The number of pyridine rings is 1. The average molecular weight is 299 g/mol. The second-order valence-electron chi connectivity index (χ2n) is 4.59. The third-order valence-electron chi connectivity index (χ3n) is 3.27. The fourth-order valence-electron chi connectivity index (χ4n) is 2.09. The number of halogens is 1. The monoisotopic (exact) mass is 298 g/mol. The van der Waals surface area contributed by atoms with Crippen molar-refractivity contribution < 1.29 is 14.3 Å². The summed E-state index contributed by atoms with van der Waals surface area (Å²) in [6, 6.07) is 1.61. The van der Waals surface area contributed by atoms with Crippen LogP contribution in [0.25, 0.3) is 0 Å². The summed E-state index contributed by atoms with van der Waals surface area (Å²) in [5.74, 6) is 0.290. The summed E-state index contributed by atoms with van der Waals surface area (Å²) in [4.78, 5) is 18.1. The Hall–Kier alpha value is -1.33. The Kier molecular flexibility index (Phi) is 5.20. The van der Waals surface area contributed by atoms with Gasteiger partial charge in [-0.25, -0.2) is 4.98 Å². The van der Waals surface area contributed by atoms with E-state index in [0.29, 0.717) is 42.8 Å². The summed E-state index contributed by atoms with van der Waals surface area (Å²) in [6.07, 6.45) is 2.33. The van der Waals surface area contributed by atoms with Gasteiger partial charge < -0.3 is 14.4 Å². The van der Waals surface area contributed by atoms with Crippen molar-refractivity contribution in [2.24, 2.45) is 0 Å². The Morgan fingerprint density at radius 1 is 1.55 bits per heavy atom. The molecule has 1 aliphatic rings. The summed E-state index contributed by atoms with van der Waals surface area (Å²) in [5, 5.41) is 0.356. The molecule has 2 rings (SSSR count). The van der Waals surface area contributed by atoms with Gasteiger partial charge in [-0.15, -0.1) is 0 Å². The minimum atomic E-state index is -0.0693. The first-order valence-corrected chi connectivity index (χ1v) is 7.22. The van der Waals surface area contributed by atoms with Gasteiger partial charge in [0.25, 0.3) is 5.91 Å². The van der Waals surface area contributed by atoms with E-state index in [1.54, 1.807) is 11.0 Å². The Morgan fingerprint density at radius 3 is 2.85 bits per heavy atom. The molecular weight excluding hydrogens is 280 g/mol. The molecule has 1 aromatic rings. The normalized spacial score (nSPS) is 18.1. The second-order valence-corrected chi connectivity index (χ2v) is 5.00. The molecule has 0 saturated carbocycles. The SMILES string of the molecule is CCN(CC)C(=O)c1cnc(OC2CCOC2)c(Cl)c1. The highest BCUT2D eigenvalue weighted by atomic mass is 35.5. The van der Waals surface area contributed by atoms with E-state index in [4.69, 9.17) is 21.1 Å². The molecule has 1 amide bonds. The topological polar surface area (TPSA) is 51.7 Å². The number of nitrogens with zero attached hydrogens (tertiary/aromatic N) is 2. The van der Waals surface area contributed by atoms with Crippen molar-refractivity contribution in [2.75, 3.05) is 26.3 Å². The van der Waals surface area contributed by atoms with Crippen LogP contribution in [0.3, 0.4) is 0 Å². The van der Waals surface area contributed by atoms with E-state index in [1.165, 1.54) is 6.20 Å². The van der Waals surface area contributed by atoms with Crippen LogP contribution in [0.4, 0.5) is 0 Å². The van der Waals surface area contributed by atoms with Crippen molar-refractivity contribution in [3.05, 3.63) is 22.8 Å². The van der Waals surface area contributed by atoms with Gasteiger partial charge in [-0.1, -0.05) is 11.6 Å². The molecule has 1 aromatic heterocycles. The van der Waals surface area contributed by atoms with Crippen LogP contribution in [-0.2, 0) is 4.74 Å². The van der Waals surface area contributed by atoms with Gasteiger partial charge in [0.1, 0.15) is 11.1 Å². The van der Waals surface area contributed by atoms with E-state index in [-0.39, 0.29) is 12.0 Å². The van der Waals surface area contributed by atoms with Gasteiger partial charge in [-0.05, 0) is 19.9 Å². The zero-order valence-corrected chi connectivity index (χ0v) is 12.5. The fourth-order valence-corrected chi connectivity index (χ4v) is 2.30. The molecule has 1 fully saturated rings. The molecule has 0 N–H and O–H groups in total. The van der Waals surface area contributed by atoms with Crippen LogP contribution in [0.2, 0.25) is 5.02 Å². The van der Waals surface area contributed by atoms with Crippen molar-refractivity contribution in [3.8, 4) is 5.88 Å². The van der Waals surface area contributed by atoms with Crippen molar-refractivity contribution in [1.29, 1.82) is 0 Å². The number of ether oxygens (including phenoxy) is 2. The molecule has 6 heteroatoms. The van der Waals surface area contributed by atoms with Gasteiger partial charge in [-0.3, -0.25) is 4.79 Å².